The van der Waals surface area contributed by atoms with E-state index < -0.39 is 23.3 Å². The molecule has 3 N–H and O–H groups in total. The highest BCUT2D eigenvalue weighted by molar-refractivity contribution is 5.99. The summed E-state index contributed by atoms with van der Waals surface area (Å²) in [5, 5.41) is 8.69. The third kappa shape index (κ3) is 8.31. The van der Waals surface area contributed by atoms with Crippen LogP contribution in [0.3, 0.4) is 0 Å². The fourth-order valence-electron chi connectivity index (χ4n) is 5.41. The van der Waals surface area contributed by atoms with Gasteiger partial charge in [-0.05, 0) is 55.0 Å². The Hall–Kier alpha value is -3.99. The van der Waals surface area contributed by atoms with Gasteiger partial charge in [-0.2, -0.15) is 0 Å². The predicted octanol–water partition coefficient (Wildman–Crippen LogP) is 2.56. The number of halogens is 1. The molecule has 10 nitrogen and oxygen atoms in total. The Labute approximate surface area is 251 Å². The zero-order valence-electron chi connectivity index (χ0n) is 25.0. The normalized spacial score (nSPS) is 21.9. The third-order valence-corrected chi connectivity index (χ3v) is 8.26. The van der Waals surface area contributed by atoms with Crippen molar-refractivity contribution in [2.24, 2.45) is 5.92 Å². The zero-order valence-corrected chi connectivity index (χ0v) is 25.0. The summed E-state index contributed by atoms with van der Waals surface area (Å²) in [6.07, 6.45) is 1.11. The van der Waals surface area contributed by atoms with Gasteiger partial charge in [-0.3, -0.25) is 19.2 Å². The lowest BCUT2D eigenvalue weighted by molar-refractivity contribution is -0.135. The summed E-state index contributed by atoms with van der Waals surface area (Å²) in [5.74, 6) is -1.68. The van der Waals surface area contributed by atoms with Crippen molar-refractivity contribution in [1.29, 1.82) is 0 Å². The van der Waals surface area contributed by atoms with Gasteiger partial charge in [0, 0.05) is 38.6 Å². The zero-order chi connectivity index (χ0) is 31.0. The largest absolute Gasteiger partial charge is 0.491 e. The Balaban J connectivity index is 1.58. The molecule has 0 unspecified atom stereocenters. The molecule has 0 spiro atoms. The third-order valence-electron chi connectivity index (χ3n) is 8.26. The number of nitrogens with one attached hydrogen (secondary N) is 3. The molecule has 2 atom stereocenters. The molecule has 0 aromatic heterocycles. The maximum absolute atomic E-state index is 14.2. The van der Waals surface area contributed by atoms with Crippen LogP contribution in [0.15, 0.2) is 48.5 Å². The Bertz CT molecular complexity index is 1310. The van der Waals surface area contributed by atoms with Gasteiger partial charge in [-0.15, -0.1) is 0 Å². The molecule has 232 valence electrons. The first-order chi connectivity index (χ1) is 20.6. The minimum atomic E-state index is -1.05. The number of ether oxygens (including phenoxy) is 2. The highest BCUT2D eigenvalue weighted by atomic mass is 19.1. The topological polar surface area (TPSA) is 126 Å². The average molecular weight is 597 g/mol. The minimum Gasteiger partial charge on any atom is -0.491 e. The molecule has 0 aliphatic carbocycles. The Morgan fingerprint density at radius 3 is 2.56 bits per heavy atom. The quantitative estimate of drug-likeness (QED) is 0.487. The fourth-order valence-corrected chi connectivity index (χ4v) is 5.41. The smallest absolute Gasteiger partial charge is 0.255 e. The number of carbonyl (C=O) groups is 4. The summed E-state index contributed by atoms with van der Waals surface area (Å²) < 4.78 is 25.7. The highest BCUT2D eigenvalue weighted by Gasteiger charge is 2.36. The average Bonchev–Trinajstić information content (AvgIpc) is 3.00. The Kier molecular flexibility index (Phi) is 10.7. The van der Waals surface area contributed by atoms with Crippen LogP contribution in [0.5, 0.6) is 5.75 Å². The fraction of sp³-hybridized carbons (Fsp3) is 0.500. The van der Waals surface area contributed by atoms with Crippen molar-refractivity contribution in [2.75, 3.05) is 40.0 Å². The molecule has 2 aromatic rings. The van der Waals surface area contributed by atoms with Crippen LogP contribution in [0.2, 0.25) is 0 Å². The van der Waals surface area contributed by atoms with Crippen molar-refractivity contribution >= 4 is 23.6 Å². The summed E-state index contributed by atoms with van der Waals surface area (Å²) in [4.78, 5) is 54.2. The molecule has 0 saturated carbocycles. The molecule has 2 heterocycles. The van der Waals surface area contributed by atoms with Gasteiger partial charge in [0.05, 0.1) is 18.2 Å². The van der Waals surface area contributed by atoms with Crippen molar-refractivity contribution in [3.8, 4) is 5.75 Å². The van der Waals surface area contributed by atoms with E-state index in [2.05, 4.69) is 16.0 Å². The number of rotatable bonds is 5. The van der Waals surface area contributed by atoms with Gasteiger partial charge >= 0.3 is 0 Å². The molecule has 2 aliphatic rings. The SMILES string of the molecule is CC(C)[C@H]1COc2ccccc2C(=O)N[C@H](C(=O)NCC2(c3cccc(F)c3)CCOCC2)CCC(=O)N(C)CC(=O)N1. The molecule has 4 amide bonds. The lowest BCUT2D eigenvalue weighted by Gasteiger charge is -2.38. The summed E-state index contributed by atoms with van der Waals surface area (Å²) in [7, 11) is 1.53. The summed E-state index contributed by atoms with van der Waals surface area (Å²) in [6, 6.07) is 11.6. The number of benzene rings is 2. The Morgan fingerprint density at radius 1 is 1.09 bits per heavy atom. The van der Waals surface area contributed by atoms with Crippen LogP contribution in [0.25, 0.3) is 0 Å². The first-order valence-electron chi connectivity index (χ1n) is 14.8. The Morgan fingerprint density at radius 2 is 1.84 bits per heavy atom. The van der Waals surface area contributed by atoms with E-state index in [9.17, 15) is 23.6 Å². The van der Waals surface area contributed by atoms with E-state index in [-0.39, 0.29) is 67.7 Å². The summed E-state index contributed by atoms with van der Waals surface area (Å²) in [5.41, 5.74) is 0.451. The maximum atomic E-state index is 14.2. The molecular weight excluding hydrogens is 555 g/mol. The lowest BCUT2D eigenvalue weighted by Crippen LogP contribution is -2.51. The molecule has 1 fully saturated rings. The van der Waals surface area contributed by atoms with E-state index in [0.29, 0.717) is 31.8 Å². The van der Waals surface area contributed by atoms with Crippen LogP contribution in [0, 0.1) is 11.7 Å². The van der Waals surface area contributed by atoms with Crippen molar-refractivity contribution in [3.05, 3.63) is 65.5 Å². The molecular formula is C32H41FN4O6. The van der Waals surface area contributed by atoms with Gasteiger partial charge in [0.2, 0.25) is 17.7 Å². The number of fused-ring (bicyclic) bond motifs is 1. The van der Waals surface area contributed by atoms with Crippen molar-refractivity contribution < 1.29 is 33.0 Å². The van der Waals surface area contributed by atoms with Gasteiger partial charge in [0.25, 0.3) is 5.91 Å². The second-order valence-electron chi connectivity index (χ2n) is 11.7. The molecule has 43 heavy (non-hydrogen) atoms. The molecule has 4 rings (SSSR count). The van der Waals surface area contributed by atoms with Crippen molar-refractivity contribution in [1.82, 2.24) is 20.9 Å². The maximum Gasteiger partial charge on any atom is 0.255 e. The molecule has 0 bridgehead atoms. The molecule has 0 radical (unpaired) electrons. The van der Waals surface area contributed by atoms with Crippen LogP contribution in [-0.2, 0) is 24.5 Å². The number of likely N-dealkylation sites (N-methyl/N-ethyl adjacent to an activating group) is 1. The minimum absolute atomic E-state index is 0.0100. The molecule has 2 aromatic carbocycles. The van der Waals surface area contributed by atoms with Crippen LogP contribution >= 0.6 is 0 Å². The van der Waals surface area contributed by atoms with Gasteiger partial charge in [-0.25, -0.2) is 4.39 Å². The van der Waals surface area contributed by atoms with Gasteiger partial charge in [0.15, 0.2) is 0 Å². The standard InChI is InChI=1S/C32H41FN4O6/c1-21(2)26-19-43-27-10-5-4-9-24(27)30(40)36-25(11-12-29(39)37(3)18-28(38)35-26)31(41)34-20-32(13-15-42-16-14-32)22-7-6-8-23(33)17-22/h4-10,17,21,25-26H,11-16,18-20H2,1-3H3,(H,34,41)(H,35,38)(H,36,40)/t25-,26+/m0/s1. The van der Waals surface area contributed by atoms with E-state index in [4.69, 9.17) is 9.47 Å². The van der Waals surface area contributed by atoms with Crippen molar-refractivity contribution in [2.45, 2.75) is 57.0 Å². The number of carbonyl (C=O) groups excluding carboxylic acids is 4. The predicted molar refractivity (Wildman–Crippen MR) is 158 cm³/mol. The number of hydrogen-bond acceptors (Lipinski definition) is 6. The van der Waals surface area contributed by atoms with E-state index >= 15 is 0 Å². The number of hydrogen-bond donors (Lipinski definition) is 3. The van der Waals surface area contributed by atoms with Gasteiger partial charge in [0.1, 0.15) is 24.2 Å². The van der Waals surface area contributed by atoms with Gasteiger partial charge in [-0.1, -0.05) is 38.1 Å². The van der Waals surface area contributed by atoms with Crippen LogP contribution in [0.4, 0.5) is 4.39 Å². The second kappa shape index (κ2) is 14.5. The number of nitrogens with zero attached hydrogens (tertiary/aromatic N) is 1. The monoisotopic (exact) mass is 596 g/mol. The van der Waals surface area contributed by atoms with Crippen LogP contribution in [0.1, 0.15) is 55.5 Å². The summed E-state index contributed by atoms with van der Waals surface area (Å²) in [6.45, 7) is 4.98. The highest BCUT2D eigenvalue weighted by Crippen LogP contribution is 2.34. The number of para-hydroxylation sites is 1. The van der Waals surface area contributed by atoms with E-state index in [1.54, 1.807) is 30.3 Å². The first kappa shape index (κ1) is 31.9. The van der Waals surface area contributed by atoms with E-state index in [1.165, 1.54) is 24.1 Å². The second-order valence-corrected chi connectivity index (χ2v) is 11.7. The summed E-state index contributed by atoms with van der Waals surface area (Å²) >= 11 is 0. The van der Waals surface area contributed by atoms with E-state index in [0.717, 1.165) is 5.56 Å². The van der Waals surface area contributed by atoms with Crippen molar-refractivity contribution in [3.63, 3.8) is 0 Å². The lowest BCUT2D eigenvalue weighted by atomic mass is 9.74. The van der Waals surface area contributed by atoms with Crippen LogP contribution < -0.4 is 20.7 Å². The number of amides is 4. The molecule has 1 saturated heterocycles. The van der Waals surface area contributed by atoms with Gasteiger partial charge < -0.3 is 30.3 Å². The van der Waals surface area contributed by atoms with E-state index in [1.807, 2.05) is 19.9 Å². The molecule has 11 heteroatoms. The van der Waals surface area contributed by atoms with Crippen LogP contribution in [-0.4, -0.2) is 80.6 Å². The first-order valence-corrected chi connectivity index (χ1v) is 14.8. The molecule has 2 aliphatic heterocycles.